The second kappa shape index (κ2) is 6.62. The van der Waals surface area contributed by atoms with Gasteiger partial charge in [0.2, 0.25) is 5.89 Å². The third-order valence-electron chi connectivity index (χ3n) is 3.89. The molecule has 0 bridgehead atoms. The number of aromatic nitrogens is 3. The van der Waals surface area contributed by atoms with Crippen molar-refractivity contribution in [1.29, 1.82) is 5.26 Å². The van der Waals surface area contributed by atoms with E-state index in [0.29, 0.717) is 36.2 Å². The van der Waals surface area contributed by atoms with Gasteiger partial charge in [-0.05, 0) is 31.7 Å². The van der Waals surface area contributed by atoms with Crippen molar-refractivity contribution >= 4 is 5.91 Å². The number of ether oxygens (including phenoxy) is 1. The van der Waals surface area contributed by atoms with E-state index in [1.165, 1.54) is 12.3 Å². The third-order valence-corrected chi connectivity index (χ3v) is 3.89. The van der Waals surface area contributed by atoms with Crippen LogP contribution >= 0.6 is 0 Å². The van der Waals surface area contributed by atoms with E-state index >= 15 is 0 Å². The summed E-state index contributed by atoms with van der Waals surface area (Å²) in [6, 6.07) is 3.12. The zero-order valence-electron chi connectivity index (χ0n) is 12.7. The largest absolute Gasteiger partial charge is 0.381 e. The molecule has 1 aliphatic rings. The second-order valence-corrected chi connectivity index (χ2v) is 5.49. The first-order chi connectivity index (χ1) is 11.2. The fraction of sp³-hybridized carbons (Fsp3) is 0.467. The van der Waals surface area contributed by atoms with E-state index in [2.05, 4.69) is 20.4 Å². The van der Waals surface area contributed by atoms with Crippen molar-refractivity contribution in [3.05, 3.63) is 35.2 Å². The molecule has 2 aromatic rings. The lowest BCUT2D eigenvalue weighted by Crippen LogP contribution is -2.36. The molecule has 0 spiro atoms. The number of carbonyl (C=O) groups excluding carboxylic acids is 1. The van der Waals surface area contributed by atoms with Gasteiger partial charge in [-0.3, -0.25) is 4.79 Å². The summed E-state index contributed by atoms with van der Waals surface area (Å²) in [6.07, 6.45) is 3.11. The highest BCUT2D eigenvalue weighted by Crippen LogP contribution is 2.29. The Morgan fingerprint density at radius 1 is 1.52 bits per heavy atom. The number of nitrogens with one attached hydrogen (secondary N) is 2. The van der Waals surface area contributed by atoms with Gasteiger partial charge >= 0.3 is 0 Å². The first-order valence-corrected chi connectivity index (χ1v) is 7.44. The van der Waals surface area contributed by atoms with Gasteiger partial charge in [-0.1, -0.05) is 5.16 Å². The average molecular weight is 315 g/mol. The number of aromatic amines is 1. The molecule has 1 aliphatic heterocycles. The fourth-order valence-electron chi connectivity index (χ4n) is 2.68. The van der Waals surface area contributed by atoms with Crippen LogP contribution in [-0.4, -0.2) is 34.2 Å². The molecule has 8 heteroatoms. The van der Waals surface area contributed by atoms with E-state index in [-0.39, 0.29) is 17.9 Å². The van der Waals surface area contributed by atoms with E-state index in [1.54, 1.807) is 6.92 Å². The van der Waals surface area contributed by atoms with E-state index in [1.807, 2.05) is 6.07 Å². The summed E-state index contributed by atoms with van der Waals surface area (Å²) in [7, 11) is 0. The number of nitrogens with zero attached hydrogens (tertiary/aromatic N) is 3. The maximum Gasteiger partial charge on any atom is 0.268 e. The van der Waals surface area contributed by atoms with Crippen LogP contribution in [0.5, 0.6) is 0 Å². The smallest absolute Gasteiger partial charge is 0.268 e. The molecular weight excluding hydrogens is 298 g/mol. The molecule has 1 atom stereocenters. The first-order valence-electron chi connectivity index (χ1n) is 7.44. The van der Waals surface area contributed by atoms with Gasteiger partial charge in [0.1, 0.15) is 17.8 Å². The van der Waals surface area contributed by atoms with Crippen LogP contribution in [0.4, 0.5) is 0 Å². The lowest BCUT2D eigenvalue weighted by atomic mass is 9.91. The standard InChI is InChI=1S/C15H17N5O3/c1-9-18-15(23-20-9)13(11-2-4-22-5-3-11)19-14(21)12-6-10(7-16)8-17-12/h6,8,11,13,17H,2-5H2,1H3,(H,19,21)/t13-/m0/s1. The highest BCUT2D eigenvalue weighted by atomic mass is 16.5. The van der Waals surface area contributed by atoms with Crippen molar-refractivity contribution < 1.29 is 14.1 Å². The zero-order valence-corrected chi connectivity index (χ0v) is 12.7. The van der Waals surface area contributed by atoms with Crippen LogP contribution < -0.4 is 5.32 Å². The molecule has 0 aliphatic carbocycles. The zero-order chi connectivity index (χ0) is 16.2. The molecule has 0 saturated carbocycles. The van der Waals surface area contributed by atoms with E-state index in [0.717, 1.165) is 12.8 Å². The third kappa shape index (κ3) is 3.40. The molecule has 1 fully saturated rings. The highest BCUT2D eigenvalue weighted by Gasteiger charge is 2.31. The molecule has 2 N–H and O–H groups in total. The van der Waals surface area contributed by atoms with Crippen molar-refractivity contribution in [1.82, 2.24) is 20.4 Å². The number of amides is 1. The van der Waals surface area contributed by atoms with Crippen LogP contribution in [0.15, 0.2) is 16.8 Å². The summed E-state index contributed by atoms with van der Waals surface area (Å²) in [6.45, 7) is 3.02. The maximum absolute atomic E-state index is 12.4. The first kappa shape index (κ1) is 15.2. The number of aryl methyl sites for hydroxylation is 1. The summed E-state index contributed by atoms with van der Waals surface area (Å²) in [4.78, 5) is 19.5. The second-order valence-electron chi connectivity index (χ2n) is 5.49. The Hall–Kier alpha value is -2.66. The topological polar surface area (TPSA) is 117 Å². The Bertz CT molecular complexity index is 724. The number of nitriles is 1. The van der Waals surface area contributed by atoms with Gasteiger partial charge in [-0.25, -0.2) is 0 Å². The summed E-state index contributed by atoms with van der Waals surface area (Å²) >= 11 is 0. The molecule has 1 amide bonds. The van der Waals surface area contributed by atoms with Crippen LogP contribution in [0.3, 0.4) is 0 Å². The summed E-state index contributed by atoms with van der Waals surface area (Å²) < 4.78 is 10.6. The molecule has 3 rings (SSSR count). The molecule has 2 aromatic heterocycles. The van der Waals surface area contributed by atoms with Gasteiger partial charge < -0.3 is 19.6 Å². The van der Waals surface area contributed by atoms with Crippen LogP contribution in [0, 0.1) is 24.2 Å². The monoisotopic (exact) mass is 315 g/mol. The normalized spacial score (nSPS) is 16.7. The van der Waals surface area contributed by atoms with Gasteiger partial charge in [-0.15, -0.1) is 0 Å². The Morgan fingerprint density at radius 3 is 2.91 bits per heavy atom. The van der Waals surface area contributed by atoms with E-state index in [4.69, 9.17) is 14.5 Å². The highest BCUT2D eigenvalue weighted by molar-refractivity contribution is 5.93. The van der Waals surface area contributed by atoms with Crippen molar-refractivity contribution in [3.8, 4) is 6.07 Å². The van der Waals surface area contributed by atoms with Crippen molar-refractivity contribution in [2.24, 2.45) is 5.92 Å². The molecule has 0 radical (unpaired) electrons. The molecule has 0 unspecified atom stereocenters. The number of hydrogen-bond donors (Lipinski definition) is 2. The van der Waals surface area contributed by atoms with Crippen LogP contribution in [0.1, 0.15) is 46.7 Å². The summed E-state index contributed by atoms with van der Waals surface area (Å²) in [5.74, 6) is 0.782. The fourth-order valence-corrected chi connectivity index (χ4v) is 2.68. The Labute approximate surface area is 132 Å². The molecule has 23 heavy (non-hydrogen) atoms. The van der Waals surface area contributed by atoms with Crippen molar-refractivity contribution in [2.75, 3.05) is 13.2 Å². The number of carbonyl (C=O) groups is 1. The summed E-state index contributed by atoms with van der Waals surface area (Å²) in [5.41, 5.74) is 0.737. The quantitative estimate of drug-likeness (QED) is 0.882. The Morgan fingerprint density at radius 2 is 2.30 bits per heavy atom. The Kier molecular flexibility index (Phi) is 4.39. The predicted octanol–water partition coefficient (Wildman–Crippen LogP) is 1.48. The SMILES string of the molecule is Cc1noc([C@@H](NC(=O)c2cc(C#N)c[nH]2)C2CCOCC2)n1. The van der Waals surface area contributed by atoms with Crippen molar-refractivity contribution in [2.45, 2.75) is 25.8 Å². The number of hydrogen-bond acceptors (Lipinski definition) is 6. The molecule has 8 nitrogen and oxygen atoms in total. The van der Waals surface area contributed by atoms with Gasteiger partial charge in [0, 0.05) is 19.4 Å². The van der Waals surface area contributed by atoms with Gasteiger partial charge in [0.15, 0.2) is 5.82 Å². The number of rotatable bonds is 4. The molecule has 3 heterocycles. The number of H-pyrrole nitrogens is 1. The summed E-state index contributed by atoms with van der Waals surface area (Å²) in [5, 5.41) is 15.6. The van der Waals surface area contributed by atoms with Crippen LogP contribution in [0.25, 0.3) is 0 Å². The van der Waals surface area contributed by atoms with Gasteiger partial charge in [0.25, 0.3) is 5.91 Å². The van der Waals surface area contributed by atoms with E-state index in [9.17, 15) is 4.79 Å². The molecule has 0 aromatic carbocycles. The molecule has 120 valence electrons. The minimum Gasteiger partial charge on any atom is -0.381 e. The molecular formula is C15H17N5O3. The van der Waals surface area contributed by atoms with Crippen LogP contribution in [-0.2, 0) is 4.74 Å². The minimum absolute atomic E-state index is 0.165. The van der Waals surface area contributed by atoms with Crippen LogP contribution in [0.2, 0.25) is 0 Å². The average Bonchev–Trinajstić information content (AvgIpc) is 3.22. The predicted molar refractivity (Wildman–Crippen MR) is 78.3 cm³/mol. The Balaban J connectivity index is 1.80. The lowest BCUT2D eigenvalue weighted by molar-refractivity contribution is 0.0467. The van der Waals surface area contributed by atoms with Gasteiger partial charge in [-0.2, -0.15) is 10.2 Å². The van der Waals surface area contributed by atoms with E-state index < -0.39 is 0 Å². The molecule has 1 saturated heterocycles. The maximum atomic E-state index is 12.4. The van der Waals surface area contributed by atoms with Gasteiger partial charge in [0.05, 0.1) is 5.56 Å². The van der Waals surface area contributed by atoms with Crippen molar-refractivity contribution in [3.63, 3.8) is 0 Å². The minimum atomic E-state index is -0.374. The lowest BCUT2D eigenvalue weighted by Gasteiger charge is -2.28.